The maximum atomic E-state index is 4.92. The Kier molecular flexibility index (Phi) is 2.66. The summed E-state index contributed by atoms with van der Waals surface area (Å²) >= 11 is 0. The second-order valence-corrected chi connectivity index (χ2v) is 6.95. The summed E-state index contributed by atoms with van der Waals surface area (Å²) in [5.74, 6) is 0. The summed E-state index contributed by atoms with van der Waals surface area (Å²) in [6, 6.07) is 0. The van der Waals surface area contributed by atoms with Gasteiger partial charge in [0.05, 0.1) is 11.4 Å². The predicted molar refractivity (Wildman–Crippen MR) is 95.8 cm³/mol. The minimum atomic E-state index is 0.973. The molecule has 0 fully saturated rings. The van der Waals surface area contributed by atoms with Crippen LogP contribution >= 0.6 is 0 Å². The van der Waals surface area contributed by atoms with Crippen molar-refractivity contribution in [2.75, 3.05) is 0 Å². The average Bonchev–Trinajstić information content (AvgIpc) is 2.48. The molecule has 112 valence electrons. The third-order valence-electron chi connectivity index (χ3n) is 5.54. The van der Waals surface area contributed by atoms with Crippen LogP contribution in [0.3, 0.4) is 0 Å². The second-order valence-electron chi connectivity index (χ2n) is 6.95. The van der Waals surface area contributed by atoms with E-state index in [9.17, 15) is 0 Å². The summed E-state index contributed by atoms with van der Waals surface area (Å²) in [6.45, 7) is 13.2. The van der Waals surface area contributed by atoms with Gasteiger partial charge >= 0.3 is 0 Å². The molecule has 2 heteroatoms. The molecule has 0 amide bonds. The zero-order valence-electron chi connectivity index (χ0n) is 14.3. The molecule has 2 nitrogen and oxygen atoms in total. The van der Waals surface area contributed by atoms with Gasteiger partial charge in [-0.3, -0.25) is 9.98 Å². The Morgan fingerprint density at radius 1 is 0.545 bits per heavy atom. The Hall–Kier alpha value is -1.96. The van der Waals surface area contributed by atoms with E-state index in [1.165, 1.54) is 67.0 Å². The van der Waals surface area contributed by atoms with Crippen LogP contribution in [0.2, 0.25) is 0 Å². The minimum Gasteiger partial charge on any atom is -0.257 e. The van der Waals surface area contributed by atoms with Crippen molar-refractivity contribution in [3.8, 4) is 0 Å². The van der Waals surface area contributed by atoms with Gasteiger partial charge < -0.3 is 0 Å². The van der Waals surface area contributed by atoms with E-state index < -0.39 is 0 Å². The average molecular weight is 290 g/mol. The highest BCUT2D eigenvalue weighted by Crippen LogP contribution is 2.48. The first-order valence-corrected chi connectivity index (χ1v) is 8.06. The molecule has 0 saturated heterocycles. The van der Waals surface area contributed by atoms with Gasteiger partial charge in [-0.2, -0.15) is 0 Å². The normalized spacial score (nSPS) is 15.9. The van der Waals surface area contributed by atoms with Crippen LogP contribution in [0.1, 0.15) is 47.2 Å². The van der Waals surface area contributed by atoms with Crippen LogP contribution in [0.15, 0.2) is 9.98 Å². The van der Waals surface area contributed by atoms with Gasteiger partial charge in [0.2, 0.25) is 0 Å². The number of aliphatic imine (C=N–C) groups is 2. The van der Waals surface area contributed by atoms with Crippen LogP contribution in [0.4, 0.5) is 11.4 Å². The van der Waals surface area contributed by atoms with Crippen molar-refractivity contribution >= 4 is 33.6 Å². The molecule has 2 aliphatic rings. The van der Waals surface area contributed by atoms with Crippen molar-refractivity contribution in [2.45, 2.75) is 54.4 Å². The lowest BCUT2D eigenvalue weighted by Gasteiger charge is -2.28. The second kappa shape index (κ2) is 4.28. The molecule has 2 aromatic carbocycles. The van der Waals surface area contributed by atoms with E-state index in [1.807, 2.05) is 0 Å². The van der Waals surface area contributed by atoms with Crippen molar-refractivity contribution in [1.82, 2.24) is 0 Å². The van der Waals surface area contributed by atoms with Crippen LogP contribution in [0.5, 0.6) is 0 Å². The molecule has 0 bridgehead atoms. The Labute approximate surface area is 132 Å². The minimum absolute atomic E-state index is 0.973. The monoisotopic (exact) mass is 290 g/mol. The molecule has 0 saturated carbocycles. The number of nitrogens with zero attached hydrogens (tertiary/aromatic N) is 2. The van der Waals surface area contributed by atoms with Crippen molar-refractivity contribution in [2.24, 2.45) is 9.98 Å². The Balaban J connectivity index is 2.34. The summed E-state index contributed by atoms with van der Waals surface area (Å²) in [4.78, 5) is 9.85. The zero-order valence-corrected chi connectivity index (χ0v) is 14.3. The lowest BCUT2D eigenvalue weighted by molar-refractivity contribution is 1.14. The Morgan fingerprint density at radius 3 is 1.27 bits per heavy atom. The van der Waals surface area contributed by atoms with Crippen molar-refractivity contribution < 1.29 is 0 Å². The highest BCUT2D eigenvalue weighted by molar-refractivity contribution is 6.15. The third kappa shape index (κ3) is 1.55. The Morgan fingerprint density at radius 2 is 0.909 bits per heavy atom. The van der Waals surface area contributed by atoms with E-state index in [0.29, 0.717) is 0 Å². The van der Waals surface area contributed by atoms with Gasteiger partial charge in [0, 0.05) is 35.0 Å². The van der Waals surface area contributed by atoms with Gasteiger partial charge in [0.1, 0.15) is 0 Å². The summed E-state index contributed by atoms with van der Waals surface area (Å²) in [5, 5.41) is 2.75. The van der Waals surface area contributed by atoms with Crippen molar-refractivity contribution in [3.63, 3.8) is 0 Å². The maximum Gasteiger partial charge on any atom is 0.0743 e. The highest BCUT2D eigenvalue weighted by atomic mass is 14.8. The van der Waals surface area contributed by atoms with Crippen molar-refractivity contribution in [3.05, 3.63) is 33.4 Å². The number of hydrogen-bond acceptors (Lipinski definition) is 2. The predicted octanol–water partition coefficient (Wildman–Crippen LogP) is 5.37. The topological polar surface area (TPSA) is 24.7 Å². The molecule has 2 aliphatic heterocycles. The van der Waals surface area contributed by atoms with Crippen LogP contribution in [0.25, 0.3) is 10.8 Å². The summed E-state index contributed by atoms with van der Waals surface area (Å²) in [6.07, 6.45) is 1.95. The van der Waals surface area contributed by atoms with E-state index in [2.05, 4.69) is 41.5 Å². The van der Waals surface area contributed by atoms with E-state index in [-0.39, 0.29) is 0 Å². The van der Waals surface area contributed by atoms with Gasteiger partial charge in [-0.15, -0.1) is 0 Å². The molecule has 2 heterocycles. The van der Waals surface area contributed by atoms with Crippen LogP contribution < -0.4 is 0 Å². The zero-order chi connectivity index (χ0) is 15.8. The highest BCUT2D eigenvalue weighted by Gasteiger charge is 2.27. The van der Waals surface area contributed by atoms with Crippen LogP contribution in [-0.2, 0) is 12.8 Å². The smallest absolute Gasteiger partial charge is 0.0743 e. The number of hydrogen-bond donors (Lipinski definition) is 0. The van der Waals surface area contributed by atoms with Crippen molar-refractivity contribution in [1.29, 1.82) is 0 Å². The quantitative estimate of drug-likeness (QED) is 0.623. The lowest BCUT2D eigenvalue weighted by atomic mass is 9.81. The molecule has 0 aromatic heterocycles. The maximum absolute atomic E-state index is 4.92. The SMILES string of the molecule is CC1=Nc2c(C)c(C)c3c4c(c(C)c(C)c(c24)C1)N=C(C)C3. The summed E-state index contributed by atoms with van der Waals surface area (Å²) in [5.41, 5.74) is 13.2. The summed E-state index contributed by atoms with van der Waals surface area (Å²) in [7, 11) is 0. The molecule has 0 N–H and O–H groups in total. The molecule has 2 aromatic rings. The van der Waals surface area contributed by atoms with E-state index >= 15 is 0 Å². The first-order chi connectivity index (χ1) is 10.4. The fourth-order valence-corrected chi connectivity index (χ4v) is 4.08. The van der Waals surface area contributed by atoms with Crippen LogP contribution in [0, 0.1) is 27.7 Å². The van der Waals surface area contributed by atoms with E-state index in [0.717, 1.165) is 12.8 Å². The molecule has 0 radical (unpaired) electrons. The standard InChI is InChI=1S/C20H22N2/c1-9-7-15-11(3)14(6)20-18-16(8-10(2)22-20)12(4)13(5)19(21-9)17(15)18/h7-8H2,1-6H3. The molecular formula is C20H22N2. The van der Waals surface area contributed by atoms with E-state index in [1.54, 1.807) is 0 Å². The lowest BCUT2D eigenvalue weighted by Crippen LogP contribution is -2.13. The molecule has 0 spiro atoms. The van der Waals surface area contributed by atoms with Crippen LogP contribution in [-0.4, -0.2) is 11.4 Å². The molecule has 0 atom stereocenters. The van der Waals surface area contributed by atoms with Gasteiger partial charge in [-0.25, -0.2) is 0 Å². The van der Waals surface area contributed by atoms with Gasteiger partial charge in [0.15, 0.2) is 0 Å². The summed E-state index contributed by atoms with van der Waals surface area (Å²) < 4.78 is 0. The number of benzene rings is 2. The van der Waals surface area contributed by atoms with E-state index in [4.69, 9.17) is 9.98 Å². The third-order valence-corrected chi connectivity index (χ3v) is 5.54. The molecule has 4 rings (SSSR count). The first kappa shape index (κ1) is 13.7. The fourth-order valence-electron chi connectivity index (χ4n) is 4.08. The molecular weight excluding hydrogens is 268 g/mol. The molecule has 22 heavy (non-hydrogen) atoms. The largest absolute Gasteiger partial charge is 0.257 e. The van der Waals surface area contributed by atoms with Gasteiger partial charge in [-0.05, 0) is 74.9 Å². The molecule has 0 unspecified atom stereocenters. The number of rotatable bonds is 0. The Bertz CT molecular complexity index is 850. The fraction of sp³-hybridized carbons (Fsp3) is 0.400. The first-order valence-electron chi connectivity index (χ1n) is 8.06. The van der Waals surface area contributed by atoms with Gasteiger partial charge in [-0.1, -0.05) is 0 Å². The molecule has 0 aliphatic carbocycles. The van der Waals surface area contributed by atoms with Gasteiger partial charge in [0.25, 0.3) is 0 Å².